The number of rotatable bonds is 2. The number of aryl methyl sites for hydroxylation is 2. The Hall–Kier alpha value is -2.88. The van der Waals surface area contributed by atoms with E-state index in [-0.39, 0.29) is 12.2 Å². The van der Waals surface area contributed by atoms with E-state index in [1.54, 1.807) is 17.7 Å². The van der Waals surface area contributed by atoms with Crippen LogP contribution in [0, 0.1) is 25.6 Å². The molecule has 30 heavy (non-hydrogen) atoms. The molecule has 160 valence electrons. The molecule has 3 nitrogen and oxygen atoms in total. The van der Waals surface area contributed by atoms with Crippen molar-refractivity contribution < 1.29 is 9.18 Å². The number of carbonyl (C=O) groups is 1. The Labute approximate surface area is 179 Å². The SMILES string of the molecule is CC1CCC(c2ccccc2)CC1.Cc1cc(C)c(-c2ccc(F)cc2)[nH]1.NC=O. The first-order chi connectivity index (χ1) is 14.4. The molecule has 4 rings (SSSR count). The summed E-state index contributed by atoms with van der Waals surface area (Å²) in [6.07, 6.45) is 5.87. The molecule has 0 aliphatic heterocycles. The number of benzene rings is 2. The predicted octanol–water partition coefficient (Wildman–Crippen LogP) is 6.52. The molecule has 0 bridgehead atoms. The lowest BCUT2D eigenvalue weighted by Gasteiger charge is -2.26. The van der Waals surface area contributed by atoms with Crippen molar-refractivity contribution in [2.45, 2.75) is 52.4 Å². The van der Waals surface area contributed by atoms with E-state index in [0.717, 1.165) is 28.8 Å². The summed E-state index contributed by atoms with van der Waals surface area (Å²) < 4.78 is 12.7. The van der Waals surface area contributed by atoms with E-state index < -0.39 is 0 Å². The van der Waals surface area contributed by atoms with Crippen LogP contribution in [0.5, 0.6) is 0 Å². The van der Waals surface area contributed by atoms with Gasteiger partial charge in [0.05, 0.1) is 0 Å². The number of aromatic nitrogens is 1. The highest BCUT2D eigenvalue weighted by Crippen LogP contribution is 2.35. The number of nitrogens with one attached hydrogen (secondary N) is 1. The number of nitrogens with two attached hydrogens (primary N) is 1. The van der Waals surface area contributed by atoms with Crippen molar-refractivity contribution in [3.63, 3.8) is 0 Å². The molecule has 1 saturated carbocycles. The van der Waals surface area contributed by atoms with Crippen molar-refractivity contribution in [1.82, 2.24) is 4.98 Å². The highest BCUT2D eigenvalue weighted by Gasteiger charge is 2.18. The van der Waals surface area contributed by atoms with Gasteiger partial charge < -0.3 is 10.7 Å². The monoisotopic (exact) mass is 408 g/mol. The molecule has 0 atom stereocenters. The second kappa shape index (κ2) is 12.0. The van der Waals surface area contributed by atoms with Crippen molar-refractivity contribution >= 4 is 6.41 Å². The van der Waals surface area contributed by atoms with E-state index in [0.29, 0.717) is 0 Å². The molecule has 0 spiro atoms. The van der Waals surface area contributed by atoms with Crippen molar-refractivity contribution in [2.24, 2.45) is 11.7 Å². The van der Waals surface area contributed by atoms with Gasteiger partial charge in [-0.05, 0) is 85.5 Å². The van der Waals surface area contributed by atoms with Crippen LogP contribution in [0.2, 0.25) is 0 Å². The van der Waals surface area contributed by atoms with E-state index in [9.17, 15) is 4.39 Å². The second-order valence-electron chi connectivity index (χ2n) is 8.02. The van der Waals surface area contributed by atoms with Gasteiger partial charge in [0, 0.05) is 11.4 Å². The Morgan fingerprint density at radius 2 is 1.53 bits per heavy atom. The molecular weight excluding hydrogens is 375 g/mol. The summed E-state index contributed by atoms with van der Waals surface area (Å²) in [5, 5.41) is 0. The highest BCUT2D eigenvalue weighted by molar-refractivity contribution is 5.63. The van der Waals surface area contributed by atoms with Crippen LogP contribution in [0.4, 0.5) is 4.39 Å². The highest BCUT2D eigenvalue weighted by atomic mass is 19.1. The van der Waals surface area contributed by atoms with Gasteiger partial charge in [-0.2, -0.15) is 0 Å². The third-order valence-electron chi connectivity index (χ3n) is 5.57. The Kier molecular flexibility index (Phi) is 9.33. The van der Waals surface area contributed by atoms with E-state index in [4.69, 9.17) is 4.79 Å². The first-order valence-corrected chi connectivity index (χ1v) is 10.6. The maximum Gasteiger partial charge on any atom is 0.204 e. The van der Waals surface area contributed by atoms with Crippen LogP contribution in [0.1, 0.15) is 55.3 Å². The maximum atomic E-state index is 12.7. The van der Waals surface area contributed by atoms with Gasteiger partial charge in [-0.1, -0.05) is 50.1 Å². The fourth-order valence-corrected chi connectivity index (χ4v) is 3.96. The van der Waals surface area contributed by atoms with Gasteiger partial charge in [0.1, 0.15) is 5.82 Å². The lowest BCUT2D eigenvalue weighted by molar-refractivity contribution is -0.106. The zero-order valence-corrected chi connectivity index (χ0v) is 18.2. The van der Waals surface area contributed by atoms with Gasteiger partial charge in [0.25, 0.3) is 0 Å². The van der Waals surface area contributed by atoms with Gasteiger partial charge in [-0.25, -0.2) is 4.39 Å². The van der Waals surface area contributed by atoms with Crippen molar-refractivity contribution in [1.29, 1.82) is 0 Å². The maximum absolute atomic E-state index is 12.7. The number of halogens is 1. The molecule has 4 heteroatoms. The first kappa shape index (κ1) is 23.4. The molecule has 1 aliphatic carbocycles. The Morgan fingerprint density at radius 1 is 0.967 bits per heavy atom. The zero-order chi connectivity index (χ0) is 21.9. The zero-order valence-electron chi connectivity index (χ0n) is 18.2. The Bertz CT molecular complexity index is 879. The van der Waals surface area contributed by atoms with Gasteiger partial charge in [-0.3, -0.25) is 4.79 Å². The minimum Gasteiger partial charge on any atom is -0.372 e. The molecule has 3 aromatic rings. The van der Waals surface area contributed by atoms with Gasteiger partial charge >= 0.3 is 0 Å². The number of hydrogen-bond donors (Lipinski definition) is 2. The number of primary amides is 1. The normalized spacial score (nSPS) is 17.7. The quantitative estimate of drug-likeness (QED) is 0.466. The van der Waals surface area contributed by atoms with Crippen LogP contribution >= 0.6 is 0 Å². The molecule has 1 fully saturated rings. The van der Waals surface area contributed by atoms with Crippen LogP contribution < -0.4 is 5.73 Å². The first-order valence-electron chi connectivity index (χ1n) is 10.6. The number of carbonyl (C=O) groups excluding carboxylic acids is 1. The van der Waals surface area contributed by atoms with Crippen LogP contribution in [0.3, 0.4) is 0 Å². The summed E-state index contributed by atoms with van der Waals surface area (Å²) in [6, 6.07) is 19.6. The molecule has 2 aromatic carbocycles. The number of aromatic amines is 1. The van der Waals surface area contributed by atoms with Crippen LogP contribution in [0.15, 0.2) is 60.7 Å². The fraction of sp³-hybridized carbons (Fsp3) is 0.346. The lowest BCUT2D eigenvalue weighted by atomic mass is 9.79. The number of hydrogen-bond acceptors (Lipinski definition) is 1. The standard InChI is InChI=1S/C13H18.C12H12FN.CH3NO/c1-11-7-9-13(10-8-11)12-5-3-2-4-6-12;1-8-7-9(2)14-12(8)10-3-5-11(13)6-4-10;2-1-3/h2-6,11,13H,7-10H2,1H3;3-7,14H,1-2H3;1H,(H2,2,3). The summed E-state index contributed by atoms with van der Waals surface area (Å²) in [5.41, 5.74) is 10.1. The smallest absolute Gasteiger partial charge is 0.204 e. The average Bonchev–Trinajstić information content (AvgIpc) is 3.09. The number of amides is 1. The summed E-state index contributed by atoms with van der Waals surface area (Å²) in [4.78, 5) is 11.8. The predicted molar refractivity (Wildman–Crippen MR) is 123 cm³/mol. The van der Waals surface area contributed by atoms with E-state index >= 15 is 0 Å². The van der Waals surface area contributed by atoms with Gasteiger partial charge in [0.15, 0.2) is 0 Å². The second-order valence-corrected chi connectivity index (χ2v) is 8.02. The average molecular weight is 409 g/mol. The van der Waals surface area contributed by atoms with E-state index in [2.05, 4.69) is 54.0 Å². The molecular formula is C26H33FN2O. The molecule has 1 heterocycles. The Morgan fingerprint density at radius 3 is 2.03 bits per heavy atom. The van der Waals surface area contributed by atoms with Gasteiger partial charge in [-0.15, -0.1) is 0 Å². The molecule has 0 radical (unpaired) electrons. The van der Waals surface area contributed by atoms with Crippen molar-refractivity contribution in [3.05, 3.63) is 83.3 Å². The summed E-state index contributed by atoms with van der Waals surface area (Å²) in [7, 11) is 0. The summed E-state index contributed by atoms with van der Waals surface area (Å²) in [5.74, 6) is 1.60. The van der Waals surface area contributed by atoms with Gasteiger partial charge in [0.2, 0.25) is 6.41 Å². The van der Waals surface area contributed by atoms with E-state index in [1.807, 2.05) is 13.8 Å². The Balaban J connectivity index is 0.000000190. The third kappa shape index (κ3) is 7.18. The summed E-state index contributed by atoms with van der Waals surface area (Å²) >= 11 is 0. The number of H-pyrrole nitrogens is 1. The summed E-state index contributed by atoms with van der Waals surface area (Å²) in [6.45, 7) is 6.43. The minimum atomic E-state index is -0.199. The van der Waals surface area contributed by atoms with Crippen molar-refractivity contribution in [3.8, 4) is 11.3 Å². The van der Waals surface area contributed by atoms with Crippen LogP contribution in [-0.4, -0.2) is 11.4 Å². The lowest BCUT2D eigenvalue weighted by Crippen LogP contribution is -2.10. The molecule has 1 amide bonds. The third-order valence-corrected chi connectivity index (χ3v) is 5.57. The molecule has 1 aliphatic rings. The molecule has 0 saturated heterocycles. The largest absolute Gasteiger partial charge is 0.372 e. The van der Waals surface area contributed by atoms with Crippen molar-refractivity contribution in [2.75, 3.05) is 0 Å². The molecule has 0 unspecified atom stereocenters. The fourth-order valence-electron chi connectivity index (χ4n) is 3.96. The van der Waals surface area contributed by atoms with E-state index in [1.165, 1.54) is 43.4 Å². The topological polar surface area (TPSA) is 58.9 Å². The molecule has 1 aromatic heterocycles. The van der Waals surface area contributed by atoms with Crippen LogP contribution in [0.25, 0.3) is 11.3 Å². The molecule has 3 N–H and O–H groups in total. The minimum absolute atomic E-state index is 0.199. The van der Waals surface area contributed by atoms with Crippen LogP contribution in [-0.2, 0) is 4.79 Å².